The van der Waals surface area contributed by atoms with Gasteiger partial charge in [0.2, 0.25) is 0 Å². The Balaban J connectivity index is 3.03. The molecule has 4 heteroatoms. The van der Waals surface area contributed by atoms with Crippen molar-refractivity contribution in [1.29, 1.82) is 0 Å². The minimum Gasteiger partial charge on any atom is -0.465 e. The molecule has 0 spiro atoms. The molecule has 0 heterocycles. The molecule has 0 unspecified atom stereocenters. The third-order valence-electron chi connectivity index (χ3n) is 3.43. The van der Waals surface area contributed by atoms with Gasteiger partial charge in [-0.3, -0.25) is 0 Å². The van der Waals surface area contributed by atoms with Gasteiger partial charge < -0.3 is 15.2 Å². The van der Waals surface area contributed by atoms with E-state index in [1.54, 1.807) is 24.3 Å². The Bertz CT molecular complexity index is 508. The molecule has 1 atom stereocenters. The van der Waals surface area contributed by atoms with E-state index in [4.69, 9.17) is 6.42 Å². The average molecular weight is 275 g/mol. The number of carbonyl (C=O) groups excluding carboxylic acids is 1. The fourth-order valence-electron chi connectivity index (χ4n) is 1.82. The van der Waals surface area contributed by atoms with Gasteiger partial charge in [-0.1, -0.05) is 26.7 Å². The predicted octanol–water partition coefficient (Wildman–Crippen LogP) is 2.30. The zero-order chi connectivity index (χ0) is 15.4. The van der Waals surface area contributed by atoms with E-state index < -0.39 is 11.5 Å². The molecule has 0 aliphatic rings. The van der Waals surface area contributed by atoms with Crippen LogP contribution in [0, 0.1) is 17.8 Å². The number of aliphatic hydroxyl groups excluding tert-OH is 1. The molecule has 0 saturated carbocycles. The number of anilines is 1. The first-order valence-corrected chi connectivity index (χ1v) is 6.35. The van der Waals surface area contributed by atoms with E-state index >= 15 is 0 Å². The number of terminal acetylenes is 1. The second kappa shape index (κ2) is 5.98. The van der Waals surface area contributed by atoms with E-state index in [0.29, 0.717) is 5.56 Å². The lowest BCUT2D eigenvalue weighted by atomic mass is 9.74. The fourth-order valence-corrected chi connectivity index (χ4v) is 1.82. The molecule has 4 nitrogen and oxygen atoms in total. The first-order chi connectivity index (χ1) is 9.29. The van der Waals surface area contributed by atoms with Crippen molar-refractivity contribution in [3.05, 3.63) is 29.8 Å². The molecule has 0 amide bonds. The predicted molar refractivity (Wildman–Crippen MR) is 79.5 cm³/mol. The van der Waals surface area contributed by atoms with Gasteiger partial charge in [0.25, 0.3) is 0 Å². The van der Waals surface area contributed by atoms with Gasteiger partial charge in [0.15, 0.2) is 0 Å². The highest BCUT2D eigenvalue weighted by molar-refractivity contribution is 5.89. The first kappa shape index (κ1) is 16.1. The van der Waals surface area contributed by atoms with Gasteiger partial charge >= 0.3 is 5.97 Å². The number of methoxy groups -OCH3 is 1. The van der Waals surface area contributed by atoms with Crippen molar-refractivity contribution >= 4 is 11.7 Å². The molecular weight excluding hydrogens is 254 g/mol. The molecule has 108 valence electrons. The zero-order valence-electron chi connectivity index (χ0n) is 12.4. The number of rotatable bonds is 4. The van der Waals surface area contributed by atoms with Crippen LogP contribution < -0.4 is 5.32 Å². The summed E-state index contributed by atoms with van der Waals surface area (Å²) in [4.78, 5) is 11.4. The number of aliphatic hydroxyl groups is 1. The van der Waals surface area contributed by atoms with E-state index in [1.165, 1.54) is 7.11 Å². The molecule has 0 bridgehead atoms. The second-order valence-electron chi connectivity index (χ2n) is 5.65. The molecular formula is C16H21NO3. The summed E-state index contributed by atoms with van der Waals surface area (Å²) in [6.07, 6.45) is 5.61. The molecule has 0 radical (unpaired) electrons. The molecule has 0 aliphatic carbocycles. The summed E-state index contributed by atoms with van der Waals surface area (Å²) >= 11 is 0. The Morgan fingerprint density at radius 1 is 1.35 bits per heavy atom. The minimum atomic E-state index is -0.875. The van der Waals surface area contributed by atoms with E-state index in [1.807, 2.05) is 20.8 Å². The SMILES string of the molecule is C#C[C@@](CO)(Nc1ccc(C(=O)OC)cc1)C(C)(C)C. The van der Waals surface area contributed by atoms with Crippen molar-refractivity contribution in [1.82, 2.24) is 0 Å². The van der Waals surface area contributed by atoms with Crippen LogP contribution in [0.5, 0.6) is 0 Å². The Hall–Kier alpha value is -1.99. The maximum absolute atomic E-state index is 11.4. The second-order valence-corrected chi connectivity index (χ2v) is 5.65. The normalized spacial score (nSPS) is 14.0. The van der Waals surface area contributed by atoms with Crippen molar-refractivity contribution in [2.75, 3.05) is 19.0 Å². The highest BCUT2D eigenvalue weighted by Crippen LogP contribution is 2.33. The fraction of sp³-hybridized carbons (Fsp3) is 0.438. The maximum atomic E-state index is 11.4. The van der Waals surface area contributed by atoms with E-state index in [0.717, 1.165) is 5.69 Å². The topological polar surface area (TPSA) is 58.6 Å². The molecule has 1 aromatic rings. The van der Waals surface area contributed by atoms with Crippen LogP contribution >= 0.6 is 0 Å². The summed E-state index contributed by atoms with van der Waals surface area (Å²) in [5.41, 5.74) is -0.0131. The minimum absolute atomic E-state index is 0.189. The summed E-state index contributed by atoms with van der Waals surface area (Å²) < 4.78 is 4.64. The molecule has 0 aromatic heterocycles. The van der Waals surface area contributed by atoms with Crippen LogP contribution in [0.3, 0.4) is 0 Å². The van der Waals surface area contributed by atoms with Crippen molar-refractivity contribution in [2.45, 2.75) is 26.3 Å². The number of carbonyl (C=O) groups is 1. The molecule has 0 aliphatic heterocycles. The van der Waals surface area contributed by atoms with Crippen LogP contribution in [0.1, 0.15) is 31.1 Å². The number of ether oxygens (including phenoxy) is 1. The molecule has 1 aromatic carbocycles. The summed E-state index contributed by atoms with van der Waals surface area (Å²) in [6, 6.07) is 6.77. The number of hydrogen-bond acceptors (Lipinski definition) is 4. The van der Waals surface area contributed by atoms with Crippen LogP contribution in [0.25, 0.3) is 0 Å². The quantitative estimate of drug-likeness (QED) is 0.654. The van der Waals surface area contributed by atoms with Crippen LogP contribution in [0.2, 0.25) is 0 Å². The molecule has 2 N–H and O–H groups in total. The summed E-state index contributed by atoms with van der Waals surface area (Å²) in [6.45, 7) is 5.68. The Kier molecular flexibility index (Phi) is 4.80. The van der Waals surface area contributed by atoms with Gasteiger partial charge in [-0.05, 0) is 29.7 Å². The Morgan fingerprint density at radius 3 is 2.25 bits per heavy atom. The molecule has 20 heavy (non-hydrogen) atoms. The Morgan fingerprint density at radius 2 is 1.90 bits per heavy atom. The lowest BCUT2D eigenvalue weighted by Gasteiger charge is -2.40. The zero-order valence-corrected chi connectivity index (χ0v) is 12.4. The van der Waals surface area contributed by atoms with Crippen LogP contribution in [0.4, 0.5) is 5.69 Å². The van der Waals surface area contributed by atoms with Crippen molar-refractivity contribution in [3.8, 4) is 12.3 Å². The molecule has 0 fully saturated rings. The standard InChI is InChI=1S/C16H21NO3/c1-6-16(11-18,15(2,3)4)17-13-9-7-12(8-10-13)14(19)20-5/h1,7-10,17-18H,11H2,2-5H3/t16-/m0/s1. The van der Waals surface area contributed by atoms with Crippen LogP contribution in [0.15, 0.2) is 24.3 Å². The number of benzene rings is 1. The van der Waals surface area contributed by atoms with Crippen LogP contribution in [-0.2, 0) is 4.74 Å². The average Bonchev–Trinajstić information content (AvgIpc) is 2.43. The van der Waals surface area contributed by atoms with E-state index in [2.05, 4.69) is 16.0 Å². The van der Waals surface area contributed by atoms with E-state index in [9.17, 15) is 9.90 Å². The van der Waals surface area contributed by atoms with Crippen molar-refractivity contribution in [2.24, 2.45) is 5.41 Å². The van der Waals surface area contributed by atoms with Gasteiger partial charge in [-0.15, -0.1) is 6.42 Å². The van der Waals surface area contributed by atoms with Gasteiger partial charge in [0.1, 0.15) is 5.54 Å². The van der Waals surface area contributed by atoms with Gasteiger partial charge in [-0.25, -0.2) is 4.79 Å². The van der Waals surface area contributed by atoms with Crippen molar-refractivity contribution < 1.29 is 14.6 Å². The van der Waals surface area contributed by atoms with E-state index in [-0.39, 0.29) is 12.0 Å². The summed E-state index contributed by atoms with van der Waals surface area (Å²) in [5, 5.41) is 12.9. The number of nitrogens with one attached hydrogen (secondary N) is 1. The number of esters is 1. The maximum Gasteiger partial charge on any atom is 0.337 e. The first-order valence-electron chi connectivity index (χ1n) is 6.35. The Labute approximate surface area is 120 Å². The van der Waals surface area contributed by atoms with Crippen molar-refractivity contribution in [3.63, 3.8) is 0 Å². The summed E-state index contributed by atoms with van der Waals surface area (Å²) in [5.74, 6) is 2.26. The largest absolute Gasteiger partial charge is 0.465 e. The van der Waals surface area contributed by atoms with Crippen LogP contribution in [-0.4, -0.2) is 30.3 Å². The highest BCUT2D eigenvalue weighted by Gasteiger charge is 2.40. The van der Waals surface area contributed by atoms with Gasteiger partial charge in [-0.2, -0.15) is 0 Å². The van der Waals surface area contributed by atoms with Gasteiger partial charge in [0, 0.05) is 5.69 Å². The smallest absolute Gasteiger partial charge is 0.337 e. The lowest BCUT2D eigenvalue weighted by molar-refractivity contribution is 0.0600. The monoisotopic (exact) mass is 275 g/mol. The molecule has 0 saturated heterocycles. The molecule has 1 rings (SSSR count). The lowest BCUT2D eigenvalue weighted by Crippen LogP contribution is -2.51. The number of hydrogen-bond donors (Lipinski definition) is 2. The third-order valence-corrected chi connectivity index (χ3v) is 3.43. The summed E-state index contributed by atoms with van der Waals surface area (Å²) in [7, 11) is 1.34. The highest BCUT2D eigenvalue weighted by atomic mass is 16.5. The third kappa shape index (κ3) is 3.12. The van der Waals surface area contributed by atoms with Gasteiger partial charge in [0.05, 0.1) is 19.3 Å².